The molecule has 0 unspecified atom stereocenters. The van der Waals surface area contributed by atoms with Crippen LogP contribution in [0.3, 0.4) is 0 Å². The molecule has 0 aromatic carbocycles. The average Bonchev–Trinajstić information content (AvgIpc) is 2.26. The first-order chi connectivity index (χ1) is 8.22. The van der Waals surface area contributed by atoms with Crippen LogP contribution in [0.1, 0.15) is 65.2 Å². The molecule has 98 valence electrons. The van der Waals surface area contributed by atoms with Gasteiger partial charge in [0, 0.05) is 24.9 Å². The topological polar surface area (TPSA) is 29.1 Å². The van der Waals surface area contributed by atoms with Gasteiger partial charge in [-0.2, -0.15) is 0 Å². The molecule has 1 aliphatic rings. The summed E-state index contributed by atoms with van der Waals surface area (Å²) in [6.07, 6.45) is 13.6. The zero-order chi connectivity index (χ0) is 12.5. The Morgan fingerprint density at radius 1 is 1.24 bits per heavy atom. The van der Waals surface area contributed by atoms with Crippen molar-refractivity contribution in [3.8, 4) is 0 Å². The number of rotatable bonds is 7. The first-order valence-corrected chi connectivity index (χ1v) is 7.16. The highest BCUT2D eigenvalue weighted by Gasteiger charge is 2.21. The fourth-order valence-electron chi connectivity index (χ4n) is 2.40. The summed E-state index contributed by atoms with van der Waals surface area (Å²) in [7, 11) is 0. The molecule has 1 fully saturated rings. The monoisotopic (exact) mass is 237 g/mol. The molecule has 1 heterocycles. The maximum absolute atomic E-state index is 11.4. The van der Waals surface area contributed by atoms with Gasteiger partial charge in [0.1, 0.15) is 5.78 Å². The lowest BCUT2D eigenvalue weighted by atomic mass is 9.97. The van der Waals surface area contributed by atoms with Crippen molar-refractivity contribution >= 4 is 5.78 Å². The normalized spacial score (nSPS) is 25.6. The number of carbonyl (C=O) groups is 1. The summed E-state index contributed by atoms with van der Waals surface area (Å²) in [4.78, 5) is 11.4. The van der Waals surface area contributed by atoms with Gasteiger partial charge in [-0.25, -0.2) is 0 Å². The minimum atomic E-state index is 0.280. The van der Waals surface area contributed by atoms with Crippen LogP contribution in [0, 0.1) is 0 Å². The second kappa shape index (κ2) is 8.46. The summed E-state index contributed by atoms with van der Waals surface area (Å²) in [5.74, 6) is 0.397. The van der Waals surface area contributed by atoms with E-state index in [2.05, 4.69) is 31.3 Å². The van der Waals surface area contributed by atoms with E-state index in [1.807, 2.05) is 0 Å². The third-order valence-electron chi connectivity index (χ3n) is 3.32. The van der Waals surface area contributed by atoms with Crippen molar-refractivity contribution in [2.75, 3.05) is 0 Å². The first-order valence-electron chi connectivity index (χ1n) is 7.16. The number of allylic oxidation sites excluding steroid dienone is 1. The van der Waals surface area contributed by atoms with Crippen molar-refractivity contribution < 1.29 is 4.79 Å². The summed E-state index contributed by atoms with van der Waals surface area (Å²) in [5, 5.41) is 3.45. The van der Waals surface area contributed by atoms with Crippen LogP contribution in [0.2, 0.25) is 0 Å². The van der Waals surface area contributed by atoms with Gasteiger partial charge in [0.15, 0.2) is 0 Å². The molecule has 0 radical (unpaired) electrons. The molecule has 1 N–H and O–H groups in total. The molecule has 0 saturated carbocycles. The Bertz CT molecular complexity index is 247. The zero-order valence-corrected chi connectivity index (χ0v) is 11.4. The van der Waals surface area contributed by atoms with Crippen LogP contribution < -0.4 is 5.32 Å². The quantitative estimate of drug-likeness (QED) is 0.541. The van der Waals surface area contributed by atoms with E-state index in [1.54, 1.807) is 0 Å². The van der Waals surface area contributed by atoms with Crippen LogP contribution in [0.15, 0.2) is 12.2 Å². The molecule has 0 bridgehead atoms. The van der Waals surface area contributed by atoms with Crippen LogP contribution in [0.4, 0.5) is 0 Å². The van der Waals surface area contributed by atoms with Crippen molar-refractivity contribution in [1.29, 1.82) is 0 Å². The molecule has 0 aromatic rings. The van der Waals surface area contributed by atoms with E-state index in [-0.39, 0.29) is 6.04 Å². The summed E-state index contributed by atoms with van der Waals surface area (Å²) < 4.78 is 0. The van der Waals surface area contributed by atoms with Crippen molar-refractivity contribution in [3.63, 3.8) is 0 Å². The van der Waals surface area contributed by atoms with E-state index >= 15 is 0 Å². The lowest BCUT2D eigenvalue weighted by Crippen LogP contribution is -2.43. The Hall–Kier alpha value is -0.630. The van der Waals surface area contributed by atoms with Gasteiger partial charge >= 0.3 is 0 Å². The van der Waals surface area contributed by atoms with Crippen LogP contribution in [-0.2, 0) is 4.79 Å². The Labute approximate surface area is 106 Å². The van der Waals surface area contributed by atoms with Gasteiger partial charge in [-0.3, -0.25) is 4.79 Å². The van der Waals surface area contributed by atoms with E-state index < -0.39 is 0 Å². The number of Topliss-reactive ketones (excluding diaryl/α,β-unsaturated/α-hetero) is 1. The number of hydrogen-bond donors (Lipinski definition) is 1. The lowest BCUT2D eigenvalue weighted by Gasteiger charge is -2.25. The molecule has 0 amide bonds. The summed E-state index contributed by atoms with van der Waals surface area (Å²) in [6, 6.07) is 0.623. The third kappa shape index (κ3) is 6.62. The molecule has 1 rings (SSSR count). The predicted octanol–water partition coefficient (Wildman–Crippen LogP) is 3.61. The molecule has 2 atom stereocenters. The number of nitrogens with one attached hydrogen (secondary N) is 1. The van der Waals surface area contributed by atoms with Crippen molar-refractivity contribution in [1.82, 2.24) is 5.32 Å². The number of hydrogen-bond acceptors (Lipinski definition) is 2. The summed E-state index contributed by atoms with van der Waals surface area (Å²) in [5.41, 5.74) is 0. The molecular weight excluding hydrogens is 210 g/mol. The van der Waals surface area contributed by atoms with Crippen molar-refractivity contribution in [3.05, 3.63) is 12.2 Å². The Morgan fingerprint density at radius 2 is 2.00 bits per heavy atom. The number of ketones is 1. The van der Waals surface area contributed by atoms with Crippen LogP contribution in [-0.4, -0.2) is 17.9 Å². The SMILES string of the molecule is CCCCCCC/C=C/[C@@H]1CC(=O)C[C@H](C)N1. The Morgan fingerprint density at radius 3 is 2.71 bits per heavy atom. The molecule has 2 heteroatoms. The predicted molar refractivity (Wildman–Crippen MR) is 73.1 cm³/mol. The zero-order valence-electron chi connectivity index (χ0n) is 11.4. The Balaban J connectivity index is 2.09. The van der Waals surface area contributed by atoms with Gasteiger partial charge in [-0.05, 0) is 19.8 Å². The molecule has 17 heavy (non-hydrogen) atoms. The van der Waals surface area contributed by atoms with Gasteiger partial charge in [0.05, 0.1) is 0 Å². The highest BCUT2D eigenvalue weighted by Crippen LogP contribution is 2.11. The van der Waals surface area contributed by atoms with Gasteiger partial charge in [-0.15, -0.1) is 0 Å². The van der Waals surface area contributed by atoms with Crippen LogP contribution in [0.5, 0.6) is 0 Å². The first kappa shape index (κ1) is 14.4. The molecule has 1 aliphatic heterocycles. The maximum atomic E-state index is 11.4. The fraction of sp³-hybridized carbons (Fsp3) is 0.800. The lowest BCUT2D eigenvalue weighted by molar-refractivity contribution is -0.121. The largest absolute Gasteiger partial charge is 0.307 e. The molecule has 1 saturated heterocycles. The minimum absolute atomic E-state index is 0.280. The van der Waals surface area contributed by atoms with E-state index in [1.165, 1.54) is 32.1 Å². The number of carbonyl (C=O) groups excluding carboxylic acids is 1. The van der Waals surface area contributed by atoms with Crippen molar-refractivity contribution in [2.24, 2.45) is 0 Å². The van der Waals surface area contributed by atoms with E-state index in [9.17, 15) is 4.79 Å². The standard InChI is InChI=1S/C15H27NO/c1-3-4-5-6-7-8-9-10-14-12-15(17)11-13(2)16-14/h9-10,13-14,16H,3-8,11-12H2,1-2H3/b10-9+/t13-,14+/m0/s1. The van der Waals surface area contributed by atoms with Gasteiger partial charge in [0.25, 0.3) is 0 Å². The Kier molecular flexibility index (Phi) is 7.18. The highest BCUT2D eigenvalue weighted by atomic mass is 16.1. The van der Waals surface area contributed by atoms with Crippen LogP contribution in [0.25, 0.3) is 0 Å². The second-order valence-corrected chi connectivity index (χ2v) is 5.25. The number of unbranched alkanes of at least 4 members (excludes halogenated alkanes) is 5. The smallest absolute Gasteiger partial charge is 0.136 e. The maximum Gasteiger partial charge on any atom is 0.136 e. The summed E-state index contributed by atoms with van der Waals surface area (Å²) in [6.45, 7) is 4.33. The van der Waals surface area contributed by atoms with Crippen molar-refractivity contribution in [2.45, 2.75) is 77.3 Å². The van der Waals surface area contributed by atoms with E-state index in [4.69, 9.17) is 0 Å². The molecular formula is C15H27NO. The highest BCUT2D eigenvalue weighted by molar-refractivity contribution is 5.80. The molecule has 0 spiro atoms. The average molecular weight is 237 g/mol. The van der Waals surface area contributed by atoms with Gasteiger partial charge in [-0.1, -0.05) is 44.8 Å². The number of piperidine rings is 1. The van der Waals surface area contributed by atoms with Gasteiger partial charge < -0.3 is 5.32 Å². The van der Waals surface area contributed by atoms with Gasteiger partial charge in [0.2, 0.25) is 0 Å². The second-order valence-electron chi connectivity index (χ2n) is 5.25. The summed E-state index contributed by atoms with van der Waals surface area (Å²) >= 11 is 0. The van der Waals surface area contributed by atoms with E-state index in [0.29, 0.717) is 24.7 Å². The molecule has 2 nitrogen and oxygen atoms in total. The molecule has 0 aromatic heterocycles. The fourth-order valence-corrected chi connectivity index (χ4v) is 2.40. The van der Waals surface area contributed by atoms with Crippen LogP contribution >= 0.6 is 0 Å². The third-order valence-corrected chi connectivity index (χ3v) is 3.32. The molecule has 0 aliphatic carbocycles. The minimum Gasteiger partial charge on any atom is -0.307 e. The van der Waals surface area contributed by atoms with E-state index in [0.717, 1.165) is 6.42 Å².